The highest BCUT2D eigenvalue weighted by Gasteiger charge is 2.18. The molecule has 1 N–H and O–H groups in total. The van der Waals surface area contributed by atoms with Crippen LogP contribution >= 0.6 is 0 Å². The fourth-order valence-corrected chi connectivity index (χ4v) is 2.46. The van der Waals surface area contributed by atoms with Gasteiger partial charge < -0.3 is 5.11 Å². The fraction of sp³-hybridized carbons (Fsp3) is 0.500. The van der Waals surface area contributed by atoms with E-state index in [2.05, 4.69) is 6.92 Å². The van der Waals surface area contributed by atoms with Crippen molar-refractivity contribution < 1.29 is 17.7 Å². The molecule has 0 amide bonds. The molecule has 17 heavy (non-hydrogen) atoms. The van der Waals surface area contributed by atoms with Crippen molar-refractivity contribution in [1.29, 1.82) is 0 Å². The Morgan fingerprint density at radius 2 is 1.88 bits per heavy atom. The van der Waals surface area contributed by atoms with E-state index in [-0.39, 0.29) is 17.3 Å². The van der Waals surface area contributed by atoms with E-state index in [1.54, 1.807) is 12.1 Å². The minimum absolute atomic E-state index is 0.163. The number of rotatable bonds is 7. The van der Waals surface area contributed by atoms with Gasteiger partial charge in [-0.3, -0.25) is 4.18 Å². The quantitative estimate of drug-likeness (QED) is 0.603. The maximum Gasteiger partial charge on any atom is 0.300 e. The van der Waals surface area contributed by atoms with Crippen LogP contribution in [0.5, 0.6) is 5.75 Å². The normalized spacial score (nSPS) is 11.6. The van der Waals surface area contributed by atoms with Crippen molar-refractivity contribution in [3.63, 3.8) is 0 Å². The van der Waals surface area contributed by atoms with Crippen molar-refractivity contribution >= 4 is 10.1 Å². The summed E-state index contributed by atoms with van der Waals surface area (Å²) in [6, 6.07) is 5.77. The monoisotopic (exact) mass is 258 g/mol. The first-order valence-corrected chi connectivity index (χ1v) is 7.16. The third-order valence-corrected chi connectivity index (χ3v) is 3.73. The van der Waals surface area contributed by atoms with Gasteiger partial charge in [-0.25, -0.2) is 0 Å². The van der Waals surface area contributed by atoms with Crippen LogP contribution in [-0.4, -0.2) is 20.1 Å². The van der Waals surface area contributed by atoms with E-state index in [1.165, 1.54) is 12.1 Å². The zero-order valence-corrected chi connectivity index (χ0v) is 10.7. The van der Waals surface area contributed by atoms with Crippen LogP contribution in [0.4, 0.5) is 0 Å². The highest BCUT2D eigenvalue weighted by molar-refractivity contribution is 7.86. The predicted molar refractivity (Wildman–Crippen MR) is 65.4 cm³/mol. The number of aromatic hydroxyl groups is 1. The van der Waals surface area contributed by atoms with Crippen LogP contribution in [0.3, 0.4) is 0 Å². The predicted octanol–water partition coefficient (Wildman–Crippen LogP) is 2.68. The molecule has 96 valence electrons. The van der Waals surface area contributed by atoms with Crippen LogP contribution in [0, 0.1) is 0 Å². The Bertz CT molecular complexity index is 440. The van der Waals surface area contributed by atoms with Crippen LogP contribution in [-0.2, 0) is 14.3 Å². The van der Waals surface area contributed by atoms with Gasteiger partial charge in [-0.05, 0) is 18.6 Å². The van der Waals surface area contributed by atoms with Gasteiger partial charge in [0.2, 0.25) is 0 Å². The van der Waals surface area contributed by atoms with E-state index in [1.807, 2.05) is 0 Å². The lowest BCUT2D eigenvalue weighted by Crippen LogP contribution is -2.07. The summed E-state index contributed by atoms with van der Waals surface area (Å²) in [4.78, 5) is -0.171. The molecule has 0 heterocycles. The Labute approximate surface area is 102 Å². The molecule has 0 radical (unpaired) electrons. The van der Waals surface area contributed by atoms with Crippen molar-refractivity contribution in [3.8, 4) is 5.75 Å². The number of benzene rings is 1. The molecule has 0 saturated carbocycles. The summed E-state index contributed by atoms with van der Waals surface area (Å²) in [7, 11) is -3.83. The highest BCUT2D eigenvalue weighted by Crippen LogP contribution is 2.23. The number of unbranched alkanes of at least 4 members (excludes halogenated alkanes) is 3. The summed E-state index contributed by atoms with van der Waals surface area (Å²) in [5, 5.41) is 9.43. The van der Waals surface area contributed by atoms with E-state index < -0.39 is 10.1 Å². The van der Waals surface area contributed by atoms with Gasteiger partial charge in [0, 0.05) is 0 Å². The molecule has 0 spiro atoms. The number of hydrogen-bond acceptors (Lipinski definition) is 4. The van der Waals surface area contributed by atoms with Crippen LogP contribution < -0.4 is 0 Å². The number of phenolic OH excluding ortho intramolecular Hbond substituents is 1. The smallest absolute Gasteiger partial charge is 0.300 e. The molecule has 4 nitrogen and oxygen atoms in total. The van der Waals surface area contributed by atoms with Crippen molar-refractivity contribution in [2.75, 3.05) is 6.61 Å². The molecule has 0 atom stereocenters. The maximum absolute atomic E-state index is 11.7. The van der Waals surface area contributed by atoms with Gasteiger partial charge in [0.25, 0.3) is 0 Å². The molecule has 0 fully saturated rings. The fourth-order valence-electron chi connectivity index (χ4n) is 1.43. The van der Waals surface area contributed by atoms with Crippen LogP contribution in [0.2, 0.25) is 0 Å². The summed E-state index contributed by atoms with van der Waals surface area (Å²) in [6.07, 6.45) is 3.82. The molecule has 0 saturated heterocycles. The summed E-state index contributed by atoms with van der Waals surface area (Å²) < 4.78 is 28.3. The molecular formula is C12H18O4S. The van der Waals surface area contributed by atoms with E-state index in [0.717, 1.165) is 19.3 Å². The highest BCUT2D eigenvalue weighted by atomic mass is 32.2. The van der Waals surface area contributed by atoms with Crippen LogP contribution in [0.1, 0.15) is 32.6 Å². The van der Waals surface area contributed by atoms with Crippen LogP contribution in [0.25, 0.3) is 0 Å². The van der Waals surface area contributed by atoms with Gasteiger partial charge in [0.1, 0.15) is 10.6 Å². The van der Waals surface area contributed by atoms with Gasteiger partial charge in [0.15, 0.2) is 0 Å². The first-order valence-electron chi connectivity index (χ1n) is 5.75. The Morgan fingerprint density at radius 1 is 1.18 bits per heavy atom. The van der Waals surface area contributed by atoms with Crippen molar-refractivity contribution in [2.24, 2.45) is 0 Å². The molecule has 1 aromatic carbocycles. The van der Waals surface area contributed by atoms with E-state index in [0.29, 0.717) is 6.42 Å². The zero-order valence-electron chi connectivity index (χ0n) is 9.93. The van der Waals surface area contributed by atoms with Gasteiger partial charge >= 0.3 is 10.1 Å². The summed E-state index contributed by atoms with van der Waals surface area (Å²) in [6.45, 7) is 2.25. The Hall–Kier alpha value is -1.07. The molecule has 0 aliphatic rings. The molecule has 5 heteroatoms. The first-order chi connectivity index (χ1) is 8.08. The van der Waals surface area contributed by atoms with E-state index in [4.69, 9.17) is 4.18 Å². The van der Waals surface area contributed by atoms with Gasteiger partial charge in [-0.1, -0.05) is 38.3 Å². The Kier molecular flexibility index (Phi) is 5.44. The molecule has 0 aliphatic heterocycles. The third kappa shape index (κ3) is 4.36. The zero-order chi connectivity index (χ0) is 12.7. The minimum atomic E-state index is -3.83. The molecule has 0 unspecified atom stereocenters. The lowest BCUT2D eigenvalue weighted by atomic mass is 10.2. The average molecular weight is 258 g/mol. The topological polar surface area (TPSA) is 63.6 Å². The van der Waals surface area contributed by atoms with Crippen molar-refractivity contribution in [2.45, 2.75) is 37.5 Å². The Balaban J connectivity index is 2.55. The van der Waals surface area contributed by atoms with Crippen molar-refractivity contribution in [3.05, 3.63) is 24.3 Å². The molecule has 1 aromatic rings. The molecule has 0 aliphatic carbocycles. The van der Waals surface area contributed by atoms with E-state index in [9.17, 15) is 13.5 Å². The third-order valence-electron chi connectivity index (χ3n) is 2.37. The largest absolute Gasteiger partial charge is 0.506 e. The maximum atomic E-state index is 11.7. The SMILES string of the molecule is CCCCCCOS(=O)(=O)c1ccccc1O. The second kappa shape index (κ2) is 6.61. The summed E-state index contributed by atoms with van der Waals surface area (Å²) in [5.74, 6) is -0.277. The number of para-hydroxylation sites is 1. The molecule has 0 bridgehead atoms. The van der Waals surface area contributed by atoms with Crippen molar-refractivity contribution in [1.82, 2.24) is 0 Å². The minimum Gasteiger partial charge on any atom is -0.506 e. The molecular weight excluding hydrogens is 240 g/mol. The second-order valence-corrected chi connectivity index (χ2v) is 5.39. The molecule has 1 rings (SSSR count). The van der Waals surface area contributed by atoms with E-state index >= 15 is 0 Å². The summed E-state index contributed by atoms with van der Waals surface area (Å²) in [5.41, 5.74) is 0. The number of hydrogen-bond donors (Lipinski definition) is 1. The second-order valence-electron chi connectivity index (χ2n) is 3.80. The standard InChI is InChI=1S/C12H18O4S/c1-2-3-4-7-10-16-17(14,15)12-9-6-5-8-11(12)13/h5-6,8-9,13H,2-4,7,10H2,1H3. The van der Waals surface area contributed by atoms with Gasteiger partial charge in [-0.2, -0.15) is 8.42 Å². The molecule has 0 aromatic heterocycles. The Morgan fingerprint density at radius 3 is 2.53 bits per heavy atom. The van der Waals surface area contributed by atoms with Gasteiger partial charge in [-0.15, -0.1) is 0 Å². The lowest BCUT2D eigenvalue weighted by molar-refractivity contribution is 0.305. The number of phenols is 1. The first kappa shape index (κ1) is 14.0. The average Bonchev–Trinajstić information content (AvgIpc) is 2.29. The lowest BCUT2D eigenvalue weighted by Gasteiger charge is -2.06. The van der Waals surface area contributed by atoms with Crippen LogP contribution in [0.15, 0.2) is 29.2 Å². The van der Waals surface area contributed by atoms with Gasteiger partial charge in [0.05, 0.1) is 6.61 Å². The summed E-state index contributed by atoms with van der Waals surface area (Å²) >= 11 is 0.